The van der Waals surface area contributed by atoms with Gasteiger partial charge >= 0.3 is 0 Å². The molecule has 0 bridgehead atoms. The van der Waals surface area contributed by atoms with Crippen LogP contribution in [0, 0.1) is 6.92 Å². The first-order valence-corrected chi connectivity index (χ1v) is 3.98. The molecule has 2 atom stereocenters. The second-order valence-corrected chi connectivity index (χ2v) is 3.31. The second-order valence-electron chi connectivity index (χ2n) is 2.06. The van der Waals surface area contributed by atoms with Crippen molar-refractivity contribution in [2.75, 3.05) is 0 Å². The average Bonchev–Trinajstić information content (AvgIpc) is 1.83. The lowest BCUT2D eigenvalue weighted by Crippen LogP contribution is -2.06. The van der Waals surface area contributed by atoms with Gasteiger partial charge in [-0.2, -0.15) is 0 Å². The van der Waals surface area contributed by atoms with Crippen LogP contribution in [0.25, 0.3) is 0 Å². The minimum absolute atomic E-state index is 1.28. The molecule has 0 aliphatic carbocycles. The molecule has 0 amide bonds. The van der Waals surface area contributed by atoms with Crippen molar-refractivity contribution in [2.45, 2.75) is 6.92 Å². The summed E-state index contributed by atoms with van der Waals surface area (Å²) in [7, 11) is 5.42. The minimum atomic E-state index is 1.28. The lowest BCUT2D eigenvalue weighted by atomic mass is 10.2. The summed E-state index contributed by atoms with van der Waals surface area (Å²) in [6, 6.07) is 6.23. The quantitative estimate of drug-likeness (QED) is 0.491. The monoisotopic (exact) mass is 156 g/mol. The van der Waals surface area contributed by atoms with E-state index in [0.29, 0.717) is 0 Å². The van der Waals surface area contributed by atoms with Crippen LogP contribution in [0.5, 0.6) is 0 Å². The lowest BCUT2D eigenvalue weighted by molar-refractivity contribution is 1.57. The first kappa shape index (κ1) is 7.19. The molecule has 0 saturated carbocycles. The highest BCUT2D eigenvalue weighted by molar-refractivity contribution is 7.29. The van der Waals surface area contributed by atoms with Gasteiger partial charge in [-0.05, 0) is 23.1 Å². The van der Waals surface area contributed by atoms with Crippen molar-refractivity contribution in [1.29, 1.82) is 0 Å². The number of benzene rings is 1. The molecule has 0 N–H and O–H groups in total. The zero-order valence-electron chi connectivity index (χ0n) is 5.39. The third kappa shape index (κ3) is 1.51. The molecular weight excluding hydrogens is 146 g/mol. The van der Waals surface area contributed by atoms with Crippen LogP contribution in [0.2, 0.25) is 0 Å². The summed E-state index contributed by atoms with van der Waals surface area (Å²) in [6.07, 6.45) is 0. The van der Waals surface area contributed by atoms with E-state index in [1.165, 1.54) is 16.2 Å². The summed E-state index contributed by atoms with van der Waals surface area (Å²) in [4.78, 5) is 0. The van der Waals surface area contributed by atoms with Crippen LogP contribution in [0.15, 0.2) is 18.2 Å². The van der Waals surface area contributed by atoms with E-state index < -0.39 is 0 Å². The first-order valence-electron chi connectivity index (χ1n) is 2.82. The van der Waals surface area contributed by atoms with Gasteiger partial charge in [0.05, 0.1) is 0 Å². The van der Waals surface area contributed by atoms with Gasteiger partial charge in [-0.1, -0.05) is 18.2 Å². The molecule has 0 aliphatic rings. The van der Waals surface area contributed by atoms with Gasteiger partial charge in [-0.3, -0.25) is 0 Å². The van der Waals surface area contributed by atoms with E-state index in [-0.39, 0.29) is 0 Å². The molecule has 0 aliphatic heterocycles. The molecule has 1 rings (SSSR count). The predicted molar refractivity (Wildman–Crippen MR) is 49.9 cm³/mol. The van der Waals surface area contributed by atoms with Gasteiger partial charge in [-0.15, -0.1) is 18.5 Å². The Hall–Kier alpha value is 0.0800. The average molecular weight is 156 g/mol. The highest BCUT2D eigenvalue weighted by Gasteiger charge is 1.92. The molecule has 1 aromatic carbocycles. The summed E-state index contributed by atoms with van der Waals surface area (Å²) in [5.41, 5.74) is 1.34. The molecule has 48 valence electrons. The summed E-state index contributed by atoms with van der Waals surface area (Å²) in [5.74, 6) is 0. The Morgan fingerprint density at radius 2 is 1.56 bits per heavy atom. The lowest BCUT2D eigenvalue weighted by Gasteiger charge is -2.00. The summed E-state index contributed by atoms with van der Waals surface area (Å²) in [6.45, 7) is 2.12. The minimum Gasteiger partial charge on any atom is -0.105 e. The van der Waals surface area contributed by atoms with Crippen LogP contribution in [0.3, 0.4) is 0 Å². The Labute approximate surface area is 60.5 Å². The summed E-state index contributed by atoms with van der Waals surface area (Å²) in [5, 5.41) is 2.56. The highest BCUT2D eigenvalue weighted by Crippen LogP contribution is 1.98. The van der Waals surface area contributed by atoms with Crippen LogP contribution in [0.4, 0.5) is 0 Å². The van der Waals surface area contributed by atoms with Crippen molar-refractivity contribution < 1.29 is 0 Å². The molecular formula is C7H10P2. The maximum absolute atomic E-state index is 2.71. The van der Waals surface area contributed by atoms with Crippen LogP contribution in [-0.4, -0.2) is 0 Å². The number of hydrogen-bond acceptors (Lipinski definition) is 0. The van der Waals surface area contributed by atoms with E-state index in [9.17, 15) is 0 Å². The SMILES string of the molecule is Cc1c(P)cccc1P. The summed E-state index contributed by atoms with van der Waals surface area (Å²) >= 11 is 0. The molecule has 9 heavy (non-hydrogen) atoms. The van der Waals surface area contributed by atoms with Crippen LogP contribution >= 0.6 is 18.5 Å². The maximum Gasteiger partial charge on any atom is -0.0267 e. The van der Waals surface area contributed by atoms with Gasteiger partial charge in [0.25, 0.3) is 0 Å². The fourth-order valence-electron chi connectivity index (χ4n) is 0.672. The van der Waals surface area contributed by atoms with Crippen molar-refractivity contribution in [2.24, 2.45) is 0 Å². The van der Waals surface area contributed by atoms with Gasteiger partial charge in [-0.25, -0.2) is 0 Å². The molecule has 0 radical (unpaired) electrons. The van der Waals surface area contributed by atoms with E-state index >= 15 is 0 Å². The van der Waals surface area contributed by atoms with Crippen molar-refractivity contribution in [3.63, 3.8) is 0 Å². The van der Waals surface area contributed by atoms with Crippen LogP contribution in [-0.2, 0) is 0 Å². The molecule has 2 heteroatoms. The fourth-order valence-corrected chi connectivity index (χ4v) is 1.39. The number of hydrogen-bond donors (Lipinski definition) is 0. The molecule has 0 fully saturated rings. The molecule has 2 unspecified atom stereocenters. The Balaban J connectivity index is 3.25. The molecule has 0 saturated heterocycles. The van der Waals surface area contributed by atoms with Crippen molar-refractivity contribution in [3.05, 3.63) is 23.8 Å². The molecule has 0 aromatic heterocycles. The van der Waals surface area contributed by atoms with Gasteiger partial charge < -0.3 is 0 Å². The Bertz CT molecular complexity index is 198. The van der Waals surface area contributed by atoms with E-state index in [1.807, 2.05) is 0 Å². The fraction of sp³-hybridized carbons (Fsp3) is 0.143. The Kier molecular flexibility index (Phi) is 2.22. The van der Waals surface area contributed by atoms with Crippen molar-refractivity contribution in [3.8, 4) is 0 Å². The zero-order chi connectivity index (χ0) is 6.85. The van der Waals surface area contributed by atoms with Crippen molar-refractivity contribution in [1.82, 2.24) is 0 Å². The normalized spacial score (nSPS) is 9.67. The van der Waals surface area contributed by atoms with E-state index in [1.54, 1.807) is 0 Å². The standard InChI is InChI=1S/C7H10P2/c1-5-6(8)3-2-4-7(5)9/h2-4H,8-9H2,1H3. The van der Waals surface area contributed by atoms with Gasteiger partial charge in [0.15, 0.2) is 0 Å². The number of rotatable bonds is 0. The van der Waals surface area contributed by atoms with Crippen LogP contribution in [0.1, 0.15) is 5.56 Å². The third-order valence-corrected chi connectivity index (χ3v) is 2.67. The molecule has 0 heterocycles. The second kappa shape index (κ2) is 2.78. The largest absolute Gasteiger partial charge is 0.105 e. The third-order valence-electron chi connectivity index (χ3n) is 1.42. The van der Waals surface area contributed by atoms with Crippen LogP contribution < -0.4 is 10.6 Å². The topological polar surface area (TPSA) is 0 Å². The smallest absolute Gasteiger partial charge is 0.0267 e. The van der Waals surface area contributed by atoms with E-state index in [4.69, 9.17) is 0 Å². The molecule has 0 spiro atoms. The zero-order valence-corrected chi connectivity index (χ0v) is 7.70. The van der Waals surface area contributed by atoms with Crippen molar-refractivity contribution >= 4 is 29.1 Å². The van der Waals surface area contributed by atoms with Gasteiger partial charge in [0, 0.05) is 0 Å². The predicted octanol–water partition coefficient (Wildman–Crippen LogP) is 0.996. The Morgan fingerprint density at radius 3 is 1.89 bits per heavy atom. The first-order chi connectivity index (χ1) is 4.22. The van der Waals surface area contributed by atoms with E-state index in [2.05, 4.69) is 43.6 Å². The highest BCUT2D eigenvalue weighted by atomic mass is 31.0. The van der Waals surface area contributed by atoms with Gasteiger partial charge in [0.1, 0.15) is 0 Å². The maximum atomic E-state index is 2.71. The Morgan fingerprint density at radius 1 is 1.11 bits per heavy atom. The molecule has 0 nitrogen and oxygen atoms in total. The van der Waals surface area contributed by atoms with Gasteiger partial charge in [0.2, 0.25) is 0 Å². The molecule has 1 aromatic rings. The summed E-state index contributed by atoms with van der Waals surface area (Å²) < 4.78 is 0. The van der Waals surface area contributed by atoms with E-state index in [0.717, 1.165) is 0 Å².